The number of nitrogens with one attached hydrogen (secondary N) is 1. The van der Waals surface area contributed by atoms with E-state index in [1.807, 2.05) is 13.1 Å². The number of aryl methyl sites for hydroxylation is 3. The topological polar surface area (TPSA) is 79.4 Å². The Labute approximate surface area is 117 Å². The van der Waals surface area contributed by atoms with Gasteiger partial charge < -0.3 is 5.32 Å². The zero-order chi connectivity index (χ0) is 13.9. The highest BCUT2D eigenvalue weighted by atomic mass is 15.3. The van der Waals surface area contributed by atoms with Crippen molar-refractivity contribution >= 4 is 5.82 Å². The summed E-state index contributed by atoms with van der Waals surface area (Å²) >= 11 is 0. The summed E-state index contributed by atoms with van der Waals surface area (Å²) in [5.41, 5.74) is 2.97. The van der Waals surface area contributed by atoms with E-state index in [0.29, 0.717) is 24.3 Å². The lowest BCUT2D eigenvalue weighted by Crippen LogP contribution is -2.10. The van der Waals surface area contributed by atoms with Crippen LogP contribution in [0, 0.1) is 11.3 Å². The van der Waals surface area contributed by atoms with Crippen LogP contribution in [0.1, 0.15) is 29.1 Å². The highest BCUT2D eigenvalue weighted by Crippen LogP contribution is 2.24. The predicted octanol–water partition coefficient (Wildman–Crippen LogP) is 1.23. The number of pyridine rings is 1. The largest absolute Gasteiger partial charge is 0.369 e. The summed E-state index contributed by atoms with van der Waals surface area (Å²) in [7, 11) is 1.85. The quantitative estimate of drug-likeness (QED) is 0.902. The second-order valence-electron chi connectivity index (χ2n) is 4.97. The average molecular weight is 268 g/mol. The fourth-order valence-electron chi connectivity index (χ4n) is 2.48. The van der Waals surface area contributed by atoms with E-state index in [4.69, 9.17) is 0 Å². The summed E-state index contributed by atoms with van der Waals surface area (Å²) in [5.74, 6) is 1.48. The maximum atomic E-state index is 9.21. The molecule has 0 aliphatic heterocycles. The van der Waals surface area contributed by atoms with Crippen LogP contribution in [0.5, 0.6) is 0 Å². The van der Waals surface area contributed by atoms with E-state index in [1.54, 1.807) is 11.0 Å². The van der Waals surface area contributed by atoms with Crippen molar-refractivity contribution in [2.75, 3.05) is 11.9 Å². The molecule has 1 aliphatic carbocycles. The minimum atomic E-state index is 0.625. The van der Waals surface area contributed by atoms with Crippen molar-refractivity contribution in [1.82, 2.24) is 19.7 Å². The number of nitrogens with zero attached hydrogens (tertiary/aromatic N) is 5. The first-order chi connectivity index (χ1) is 9.76. The molecule has 20 heavy (non-hydrogen) atoms. The Morgan fingerprint density at radius 2 is 2.35 bits per heavy atom. The summed E-state index contributed by atoms with van der Waals surface area (Å²) in [6.45, 7) is 0.671. The Bertz CT molecular complexity index is 667. The van der Waals surface area contributed by atoms with Crippen LogP contribution in [0.3, 0.4) is 0 Å². The highest BCUT2D eigenvalue weighted by Gasteiger charge is 2.16. The molecule has 0 saturated carbocycles. The van der Waals surface area contributed by atoms with E-state index in [0.717, 1.165) is 30.8 Å². The van der Waals surface area contributed by atoms with Gasteiger partial charge in [0.05, 0.1) is 5.56 Å². The van der Waals surface area contributed by atoms with Crippen molar-refractivity contribution < 1.29 is 0 Å². The third-order valence-electron chi connectivity index (χ3n) is 3.46. The van der Waals surface area contributed by atoms with Crippen molar-refractivity contribution in [1.29, 1.82) is 5.26 Å². The van der Waals surface area contributed by atoms with Crippen molar-refractivity contribution in [2.45, 2.75) is 25.7 Å². The van der Waals surface area contributed by atoms with Crippen LogP contribution in [-0.2, 0) is 26.3 Å². The Kier molecular flexibility index (Phi) is 3.33. The normalized spacial score (nSPS) is 13.0. The second-order valence-corrected chi connectivity index (χ2v) is 4.97. The minimum Gasteiger partial charge on any atom is -0.369 e. The fraction of sp³-hybridized carbons (Fsp3) is 0.429. The monoisotopic (exact) mass is 268 g/mol. The summed E-state index contributed by atoms with van der Waals surface area (Å²) in [6.07, 6.45) is 5.58. The Balaban J connectivity index is 1.69. The maximum absolute atomic E-state index is 9.21. The molecule has 102 valence electrons. The van der Waals surface area contributed by atoms with Gasteiger partial charge >= 0.3 is 0 Å². The minimum absolute atomic E-state index is 0.625. The van der Waals surface area contributed by atoms with E-state index in [2.05, 4.69) is 26.5 Å². The summed E-state index contributed by atoms with van der Waals surface area (Å²) in [5, 5.41) is 16.7. The lowest BCUT2D eigenvalue weighted by Gasteiger charge is -2.08. The molecule has 0 unspecified atom stereocenters. The van der Waals surface area contributed by atoms with E-state index in [9.17, 15) is 5.26 Å². The van der Waals surface area contributed by atoms with Crippen molar-refractivity contribution in [3.63, 3.8) is 0 Å². The molecular formula is C14H16N6. The van der Waals surface area contributed by atoms with E-state index >= 15 is 0 Å². The number of anilines is 1. The van der Waals surface area contributed by atoms with Gasteiger partial charge in [0.25, 0.3) is 0 Å². The van der Waals surface area contributed by atoms with E-state index in [1.165, 1.54) is 5.56 Å². The molecule has 0 amide bonds. The molecule has 3 rings (SSSR count). The summed E-state index contributed by atoms with van der Waals surface area (Å²) in [4.78, 5) is 8.75. The molecule has 0 fully saturated rings. The zero-order valence-corrected chi connectivity index (χ0v) is 11.4. The van der Waals surface area contributed by atoms with Gasteiger partial charge in [0.15, 0.2) is 5.82 Å². The SMILES string of the molecule is Cn1cnc(CCNc2nc3c(cc2C#N)CCC3)n1. The predicted molar refractivity (Wildman–Crippen MR) is 74.2 cm³/mol. The molecule has 0 atom stereocenters. The summed E-state index contributed by atoms with van der Waals surface area (Å²) < 4.78 is 1.68. The molecular weight excluding hydrogens is 252 g/mol. The number of rotatable bonds is 4. The van der Waals surface area contributed by atoms with Crippen LogP contribution in [0.4, 0.5) is 5.82 Å². The van der Waals surface area contributed by atoms with Gasteiger partial charge in [-0.15, -0.1) is 0 Å². The Morgan fingerprint density at radius 1 is 1.45 bits per heavy atom. The van der Waals surface area contributed by atoms with Gasteiger partial charge in [-0.25, -0.2) is 9.97 Å². The molecule has 2 heterocycles. The highest BCUT2D eigenvalue weighted by molar-refractivity contribution is 5.55. The number of hydrogen-bond donors (Lipinski definition) is 1. The Hall–Kier alpha value is -2.42. The van der Waals surface area contributed by atoms with Gasteiger partial charge in [-0.05, 0) is 30.9 Å². The summed E-state index contributed by atoms with van der Waals surface area (Å²) in [6, 6.07) is 4.19. The third-order valence-corrected chi connectivity index (χ3v) is 3.46. The molecule has 6 nitrogen and oxygen atoms in total. The van der Waals surface area contributed by atoms with Crippen molar-refractivity contribution in [3.05, 3.63) is 35.0 Å². The van der Waals surface area contributed by atoms with Gasteiger partial charge in [0, 0.05) is 25.7 Å². The van der Waals surface area contributed by atoms with Crippen LogP contribution in [0.25, 0.3) is 0 Å². The third kappa shape index (κ3) is 2.48. The van der Waals surface area contributed by atoms with Crippen LogP contribution in [-0.4, -0.2) is 26.3 Å². The van der Waals surface area contributed by atoms with Crippen molar-refractivity contribution in [2.24, 2.45) is 7.05 Å². The number of hydrogen-bond acceptors (Lipinski definition) is 5. The molecule has 2 aromatic rings. The average Bonchev–Trinajstić information content (AvgIpc) is 3.06. The molecule has 0 aromatic carbocycles. The van der Waals surface area contributed by atoms with Gasteiger partial charge in [-0.2, -0.15) is 10.4 Å². The molecule has 1 aliphatic rings. The first kappa shape index (κ1) is 12.6. The molecule has 6 heteroatoms. The number of fused-ring (bicyclic) bond motifs is 1. The second kappa shape index (κ2) is 5.29. The van der Waals surface area contributed by atoms with Crippen LogP contribution < -0.4 is 5.32 Å². The van der Waals surface area contributed by atoms with Gasteiger partial charge in [-0.3, -0.25) is 4.68 Å². The van der Waals surface area contributed by atoms with Gasteiger partial charge in [0.2, 0.25) is 0 Å². The lowest BCUT2D eigenvalue weighted by atomic mass is 10.1. The maximum Gasteiger partial charge on any atom is 0.152 e. The number of aromatic nitrogens is 4. The molecule has 0 bridgehead atoms. The Morgan fingerprint density at radius 3 is 3.10 bits per heavy atom. The first-order valence-electron chi connectivity index (χ1n) is 6.77. The molecule has 0 saturated heterocycles. The van der Waals surface area contributed by atoms with Crippen LogP contribution in [0.15, 0.2) is 12.4 Å². The lowest BCUT2D eigenvalue weighted by molar-refractivity contribution is 0.741. The fourth-order valence-corrected chi connectivity index (χ4v) is 2.48. The van der Waals surface area contributed by atoms with Gasteiger partial charge in [-0.1, -0.05) is 0 Å². The van der Waals surface area contributed by atoms with Crippen LogP contribution >= 0.6 is 0 Å². The van der Waals surface area contributed by atoms with Gasteiger partial charge in [0.1, 0.15) is 18.2 Å². The molecule has 0 spiro atoms. The standard InChI is InChI=1S/C14H16N6/c1-20-9-17-13(19-20)5-6-16-14-11(8-15)7-10-3-2-4-12(10)18-14/h7,9H,2-6H2,1H3,(H,16,18). The zero-order valence-electron chi connectivity index (χ0n) is 11.4. The molecule has 1 N–H and O–H groups in total. The first-order valence-corrected chi connectivity index (χ1v) is 6.77. The van der Waals surface area contributed by atoms with E-state index in [-0.39, 0.29) is 0 Å². The van der Waals surface area contributed by atoms with Crippen LogP contribution in [0.2, 0.25) is 0 Å². The molecule has 2 aromatic heterocycles. The van der Waals surface area contributed by atoms with E-state index < -0.39 is 0 Å². The number of nitriles is 1. The smallest absolute Gasteiger partial charge is 0.152 e. The van der Waals surface area contributed by atoms with Crippen molar-refractivity contribution in [3.8, 4) is 6.07 Å². The molecule has 0 radical (unpaired) electrons.